The van der Waals surface area contributed by atoms with Crippen LogP contribution in [0.3, 0.4) is 0 Å². The van der Waals surface area contributed by atoms with Crippen LogP contribution in [0.15, 0.2) is 29.2 Å². The molecule has 0 spiro atoms. The molecule has 1 aromatic rings. The minimum absolute atomic E-state index is 0.0192. The van der Waals surface area contributed by atoms with Crippen molar-refractivity contribution in [1.82, 2.24) is 9.62 Å². The topological polar surface area (TPSA) is 92.8 Å². The predicted molar refractivity (Wildman–Crippen MR) is 106 cm³/mol. The minimum atomic E-state index is -3.58. The summed E-state index contributed by atoms with van der Waals surface area (Å²) >= 11 is 0. The van der Waals surface area contributed by atoms with E-state index in [9.17, 15) is 18.0 Å². The van der Waals surface area contributed by atoms with Gasteiger partial charge in [-0.05, 0) is 50.3 Å². The Morgan fingerprint density at radius 3 is 2.18 bits per heavy atom. The predicted octanol–water partition coefficient (Wildman–Crippen LogP) is 2.28. The number of rotatable bonds is 7. The Morgan fingerprint density at radius 1 is 1.11 bits per heavy atom. The van der Waals surface area contributed by atoms with Crippen molar-refractivity contribution in [3.8, 4) is 0 Å². The van der Waals surface area contributed by atoms with Gasteiger partial charge in [0.15, 0.2) is 6.61 Å². The molecule has 28 heavy (non-hydrogen) atoms. The zero-order valence-electron chi connectivity index (χ0n) is 17.0. The maximum absolute atomic E-state index is 12.8. The smallest absolute Gasteiger partial charge is 0.309 e. The number of hydrogen-bond acceptors (Lipinski definition) is 5. The maximum Gasteiger partial charge on any atom is 0.309 e. The van der Waals surface area contributed by atoms with E-state index < -0.39 is 16.0 Å². The molecule has 1 aliphatic heterocycles. The Bertz CT molecular complexity index is 779. The fraction of sp³-hybridized carbons (Fsp3) is 0.600. The third-order valence-electron chi connectivity index (χ3n) is 4.77. The highest BCUT2D eigenvalue weighted by molar-refractivity contribution is 7.89. The Labute approximate surface area is 167 Å². The van der Waals surface area contributed by atoms with Gasteiger partial charge in [0.05, 0.1) is 10.8 Å². The van der Waals surface area contributed by atoms with Gasteiger partial charge in [0.25, 0.3) is 5.91 Å². The van der Waals surface area contributed by atoms with Crippen LogP contribution in [0.4, 0.5) is 0 Å². The lowest BCUT2D eigenvalue weighted by molar-refractivity contribution is -0.153. The molecule has 1 fully saturated rings. The molecule has 7 nitrogen and oxygen atoms in total. The molecule has 0 aliphatic carbocycles. The van der Waals surface area contributed by atoms with Gasteiger partial charge in [0.2, 0.25) is 10.0 Å². The first kappa shape index (κ1) is 22.4. The average Bonchev–Trinajstić information content (AvgIpc) is 2.65. The molecular formula is C20H30N2O5S. The molecule has 0 unspecified atom stereocenters. The summed E-state index contributed by atoms with van der Waals surface area (Å²) < 4.78 is 32.1. The Hall–Kier alpha value is -1.93. The van der Waals surface area contributed by atoms with E-state index in [1.54, 1.807) is 12.1 Å². The first-order valence-electron chi connectivity index (χ1n) is 9.67. The van der Waals surface area contributed by atoms with E-state index >= 15 is 0 Å². The number of nitrogens with one attached hydrogen (secondary N) is 1. The van der Waals surface area contributed by atoms with Gasteiger partial charge in [-0.25, -0.2) is 8.42 Å². The van der Waals surface area contributed by atoms with Gasteiger partial charge in [0.1, 0.15) is 0 Å². The number of hydrogen-bond donors (Lipinski definition) is 1. The standard InChI is InChI=1S/C20H30N2O5S/c1-14(2)16-5-7-18(8-6-16)28(25,26)22-11-9-17(10-12-22)20(24)27-13-19(23)21-15(3)4/h5-8,14-15,17H,9-13H2,1-4H3,(H,21,23). The third-order valence-corrected chi connectivity index (χ3v) is 6.68. The van der Waals surface area contributed by atoms with Crippen LogP contribution in [0.1, 0.15) is 52.0 Å². The number of carbonyl (C=O) groups is 2. The van der Waals surface area contributed by atoms with E-state index in [1.165, 1.54) is 4.31 Å². The van der Waals surface area contributed by atoms with Crippen LogP contribution in [-0.4, -0.2) is 50.3 Å². The van der Waals surface area contributed by atoms with Crippen molar-refractivity contribution in [2.24, 2.45) is 5.92 Å². The van der Waals surface area contributed by atoms with Crippen molar-refractivity contribution in [3.05, 3.63) is 29.8 Å². The number of sulfonamides is 1. The normalized spacial score (nSPS) is 16.4. The molecule has 0 aromatic heterocycles. The third kappa shape index (κ3) is 5.78. The summed E-state index contributed by atoms with van der Waals surface area (Å²) in [5.74, 6) is -0.840. The van der Waals surface area contributed by atoms with Gasteiger partial charge < -0.3 is 10.1 Å². The summed E-state index contributed by atoms with van der Waals surface area (Å²) in [4.78, 5) is 24.0. The van der Waals surface area contributed by atoms with Gasteiger partial charge in [-0.2, -0.15) is 4.31 Å². The number of benzene rings is 1. The molecule has 2 rings (SSSR count). The van der Waals surface area contributed by atoms with E-state index in [0.29, 0.717) is 18.8 Å². The van der Waals surface area contributed by atoms with Crippen LogP contribution in [0.25, 0.3) is 0 Å². The molecule has 0 radical (unpaired) electrons. The molecule has 1 aliphatic rings. The van der Waals surface area contributed by atoms with Crippen molar-refractivity contribution in [1.29, 1.82) is 0 Å². The van der Waals surface area contributed by atoms with Gasteiger partial charge in [0, 0.05) is 19.1 Å². The molecule has 1 heterocycles. The molecule has 0 atom stereocenters. The fourth-order valence-corrected chi connectivity index (χ4v) is 4.59. The molecule has 1 saturated heterocycles. The first-order chi connectivity index (χ1) is 13.1. The van der Waals surface area contributed by atoms with Crippen molar-refractivity contribution >= 4 is 21.9 Å². The minimum Gasteiger partial charge on any atom is -0.455 e. The molecule has 0 saturated carbocycles. The fourth-order valence-electron chi connectivity index (χ4n) is 3.12. The molecule has 1 aromatic carbocycles. The van der Waals surface area contributed by atoms with Crippen molar-refractivity contribution in [2.45, 2.75) is 57.4 Å². The Morgan fingerprint density at radius 2 is 1.68 bits per heavy atom. The number of carbonyl (C=O) groups excluding carboxylic acids is 2. The highest BCUT2D eigenvalue weighted by Gasteiger charge is 2.33. The molecule has 156 valence electrons. The summed E-state index contributed by atoms with van der Waals surface area (Å²) in [6.45, 7) is 7.97. The second-order valence-electron chi connectivity index (χ2n) is 7.73. The summed E-state index contributed by atoms with van der Waals surface area (Å²) in [5, 5.41) is 2.65. The average molecular weight is 411 g/mol. The maximum atomic E-state index is 12.8. The molecular weight excluding hydrogens is 380 g/mol. The zero-order valence-corrected chi connectivity index (χ0v) is 17.8. The lowest BCUT2D eigenvalue weighted by atomic mass is 9.98. The van der Waals surface area contributed by atoms with Gasteiger partial charge in [-0.15, -0.1) is 0 Å². The number of ether oxygens (including phenoxy) is 1. The lowest BCUT2D eigenvalue weighted by Crippen LogP contribution is -2.41. The Balaban J connectivity index is 1.90. The SMILES string of the molecule is CC(C)NC(=O)COC(=O)C1CCN(S(=O)(=O)c2ccc(C(C)C)cc2)CC1. The van der Waals surface area contributed by atoms with Crippen LogP contribution >= 0.6 is 0 Å². The molecule has 1 amide bonds. The number of piperidine rings is 1. The van der Waals surface area contributed by atoms with Gasteiger partial charge in [-0.1, -0.05) is 26.0 Å². The van der Waals surface area contributed by atoms with Crippen LogP contribution in [-0.2, 0) is 24.3 Å². The van der Waals surface area contributed by atoms with E-state index in [2.05, 4.69) is 19.2 Å². The summed E-state index contributed by atoms with van der Waals surface area (Å²) in [6.07, 6.45) is 0.766. The van der Waals surface area contributed by atoms with Crippen molar-refractivity contribution in [2.75, 3.05) is 19.7 Å². The molecule has 8 heteroatoms. The van der Waals surface area contributed by atoms with Gasteiger partial charge in [-0.3, -0.25) is 9.59 Å². The highest BCUT2D eigenvalue weighted by atomic mass is 32.2. The quantitative estimate of drug-likeness (QED) is 0.696. The number of esters is 1. The molecule has 1 N–H and O–H groups in total. The second-order valence-corrected chi connectivity index (χ2v) is 9.67. The highest BCUT2D eigenvalue weighted by Crippen LogP contribution is 2.25. The van der Waals surface area contributed by atoms with E-state index in [0.717, 1.165) is 5.56 Å². The Kier molecular flexibility index (Phi) is 7.60. The van der Waals surface area contributed by atoms with E-state index in [-0.39, 0.29) is 42.5 Å². The van der Waals surface area contributed by atoms with Crippen molar-refractivity contribution in [3.63, 3.8) is 0 Å². The van der Waals surface area contributed by atoms with Gasteiger partial charge >= 0.3 is 5.97 Å². The lowest BCUT2D eigenvalue weighted by Gasteiger charge is -2.30. The monoisotopic (exact) mass is 410 g/mol. The van der Waals surface area contributed by atoms with E-state index in [4.69, 9.17) is 4.74 Å². The van der Waals surface area contributed by atoms with Crippen LogP contribution in [0.5, 0.6) is 0 Å². The second kappa shape index (κ2) is 9.52. The van der Waals surface area contributed by atoms with Crippen molar-refractivity contribution < 1.29 is 22.7 Å². The zero-order chi connectivity index (χ0) is 20.9. The molecule has 0 bridgehead atoms. The van der Waals surface area contributed by atoms with E-state index in [1.807, 2.05) is 26.0 Å². The summed E-state index contributed by atoms with van der Waals surface area (Å²) in [7, 11) is -3.58. The van der Waals surface area contributed by atoms with Crippen LogP contribution in [0.2, 0.25) is 0 Å². The largest absolute Gasteiger partial charge is 0.455 e. The first-order valence-corrected chi connectivity index (χ1v) is 11.1. The van der Waals surface area contributed by atoms with Crippen LogP contribution < -0.4 is 5.32 Å². The number of amides is 1. The summed E-state index contributed by atoms with van der Waals surface area (Å²) in [6, 6.07) is 6.93. The summed E-state index contributed by atoms with van der Waals surface area (Å²) in [5.41, 5.74) is 1.09. The van der Waals surface area contributed by atoms with Crippen LogP contribution in [0, 0.1) is 5.92 Å². The number of nitrogens with zero attached hydrogens (tertiary/aromatic N) is 1.